The number of hydroxylamine groups is 1. The predicted octanol–water partition coefficient (Wildman–Crippen LogP) is 4.56. The fraction of sp³-hybridized carbons (Fsp3) is 0.147. The van der Waals surface area contributed by atoms with Crippen molar-refractivity contribution in [2.45, 2.75) is 31.5 Å². The van der Waals surface area contributed by atoms with Gasteiger partial charge in [-0.15, -0.1) is 0 Å². The molecule has 226 valence electrons. The predicted molar refractivity (Wildman–Crippen MR) is 166 cm³/mol. The number of hydrogen-bond acceptors (Lipinski definition) is 7. The summed E-state index contributed by atoms with van der Waals surface area (Å²) < 4.78 is 15.1. The molecule has 1 aliphatic carbocycles. The molecule has 1 saturated carbocycles. The number of benzene rings is 3. The number of carbonyl (C=O) groups excluding carboxylic acids is 2. The number of halogens is 1. The highest BCUT2D eigenvalue weighted by atomic mass is 19.1. The summed E-state index contributed by atoms with van der Waals surface area (Å²) in [5, 5.41) is 19.3. The average Bonchev–Trinajstić information content (AvgIpc) is 3.64. The van der Waals surface area contributed by atoms with Gasteiger partial charge >= 0.3 is 0 Å². The van der Waals surface area contributed by atoms with Gasteiger partial charge in [0.1, 0.15) is 11.5 Å². The maximum atomic E-state index is 13.4. The quantitative estimate of drug-likeness (QED) is 0.0988. The van der Waals surface area contributed by atoms with Crippen molar-refractivity contribution in [2.24, 2.45) is 0 Å². The van der Waals surface area contributed by atoms with Crippen LogP contribution in [0.3, 0.4) is 0 Å². The summed E-state index contributed by atoms with van der Waals surface area (Å²) in [6, 6.07) is 25.3. The summed E-state index contributed by atoms with van der Waals surface area (Å²) >= 11 is 0. The second-order valence-corrected chi connectivity index (χ2v) is 10.7. The highest BCUT2D eigenvalue weighted by Crippen LogP contribution is 2.40. The fourth-order valence-electron chi connectivity index (χ4n) is 4.98. The van der Waals surface area contributed by atoms with Crippen LogP contribution in [0, 0.1) is 5.82 Å². The van der Waals surface area contributed by atoms with Gasteiger partial charge in [-0.3, -0.25) is 14.8 Å². The number of amides is 2. The molecule has 0 radical (unpaired) electrons. The van der Waals surface area contributed by atoms with Crippen molar-refractivity contribution >= 4 is 17.9 Å². The van der Waals surface area contributed by atoms with Crippen LogP contribution in [0.2, 0.25) is 0 Å². The lowest BCUT2D eigenvalue weighted by atomic mass is 10.1. The van der Waals surface area contributed by atoms with Crippen LogP contribution in [-0.4, -0.2) is 42.8 Å². The average molecular weight is 604 g/mol. The van der Waals surface area contributed by atoms with Crippen molar-refractivity contribution in [1.82, 2.24) is 35.9 Å². The van der Waals surface area contributed by atoms with Gasteiger partial charge in [-0.25, -0.2) is 24.5 Å². The van der Waals surface area contributed by atoms with Crippen LogP contribution in [0.1, 0.15) is 45.2 Å². The minimum atomic E-state index is -0.621. The monoisotopic (exact) mass is 603 g/mol. The first-order chi connectivity index (χ1) is 21.9. The standard InChI is InChI=1S/C34H30FN7O3/c35-26-11-7-24(8-12-26)29-19-30(29)36-21-27-18-31(34(44)37-20-23-4-2-22(3-5-23)6-15-32(43)41-45)40-33(39-27)25-9-13-28(14-10-25)42-17-1-16-38-42/h1-18,29-30,36,45H,19-21H2,(H,37,44)(H,41,43)/b15-6+/t29-,30-/m0/s1. The molecule has 2 amide bonds. The van der Waals surface area contributed by atoms with E-state index in [0.29, 0.717) is 24.0 Å². The van der Waals surface area contributed by atoms with Crippen LogP contribution < -0.4 is 16.1 Å². The first-order valence-electron chi connectivity index (χ1n) is 14.4. The first kappa shape index (κ1) is 29.5. The van der Waals surface area contributed by atoms with Crippen molar-refractivity contribution in [3.05, 3.63) is 137 Å². The van der Waals surface area contributed by atoms with Crippen molar-refractivity contribution in [3.63, 3.8) is 0 Å². The molecular weight excluding hydrogens is 573 g/mol. The van der Waals surface area contributed by atoms with Crippen LogP contribution >= 0.6 is 0 Å². The molecular formula is C34H30FN7O3. The van der Waals surface area contributed by atoms with Crippen molar-refractivity contribution in [2.75, 3.05) is 0 Å². The second kappa shape index (κ2) is 13.4. The Balaban J connectivity index is 1.17. The minimum Gasteiger partial charge on any atom is -0.347 e. The molecule has 6 rings (SSSR count). The number of rotatable bonds is 11. The number of hydrogen-bond donors (Lipinski definition) is 4. The molecule has 0 unspecified atom stereocenters. The molecule has 3 aromatic carbocycles. The maximum absolute atomic E-state index is 13.4. The van der Waals surface area contributed by atoms with Gasteiger partial charge < -0.3 is 10.6 Å². The molecule has 45 heavy (non-hydrogen) atoms. The SMILES string of the molecule is O=C(/C=C/c1ccc(CNC(=O)c2cc(CN[C@H]3C[C@H]3c3ccc(F)cc3)nc(-c3ccc(-n4cccn4)cc3)n2)cc1)NO. The van der Waals surface area contributed by atoms with Gasteiger partial charge in [0, 0.05) is 49.1 Å². The van der Waals surface area contributed by atoms with Crippen LogP contribution in [0.5, 0.6) is 0 Å². The third kappa shape index (κ3) is 7.53. The molecule has 0 spiro atoms. The molecule has 4 N–H and O–H groups in total. The van der Waals surface area contributed by atoms with Crippen LogP contribution in [-0.2, 0) is 17.9 Å². The first-order valence-corrected chi connectivity index (χ1v) is 14.4. The normalized spacial score (nSPS) is 15.6. The third-order valence-corrected chi connectivity index (χ3v) is 7.51. The lowest BCUT2D eigenvalue weighted by molar-refractivity contribution is -0.124. The molecule has 0 bridgehead atoms. The Morgan fingerprint density at radius 1 is 0.978 bits per heavy atom. The molecule has 2 aromatic heterocycles. The van der Waals surface area contributed by atoms with E-state index in [2.05, 4.69) is 20.7 Å². The Morgan fingerprint density at radius 2 is 1.76 bits per heavy atom. The van der Waals surface area contributed by atoms with Gasteiger partial charge in [0.15, 0.2) is 5.82 Å². The van der Waals surface area contributed by atoms with E-state index in [1.165, 1.54) is 18.2 Å². The van der Waals surface area contributed by atoms with E-state index in [1.54, 1.807) is 40.6 Å². The van der Waals surface area contributed by atoms with Gasteiger partial charge in [0.25, 0.3) is 11.8 Å². The highest BCUT2D eigenvalue weighted by molar-refractivity contribution is 5.93. The van der Waals surface area contributed by atoms with E-state index in [0.717, 1.165) is 34.4 Å². The molecule has 5 aromatic rings. The van der Waals surface area contributed by atoms with Crippen molar-refractivity contribution in [3.8, 4) is 17.1 Å². The Hall–Kier alpha value is -5.52. The number of nitrogens with one attached hydrogen (secondary N) is 3. The van der Waals surface area contributed by atoms with Gasteiger partial charge in [-0.1, -0.05) is 36.4 Å². The summed E-state index contributed by atoms with van der Waals surface area (Å²) in [6.07, 6.45) is 7.29. The van der Waals surface area contributed by atoms with E-state index >= 15 is 0 Å². The van der Waals surface area contributed by atoms with E-state index in [9.17, 15) is 14.0 Å². The molecule has 1 fully saturated rings. The van der Waals surface area contributed by atoms with Gasteiger partial charge in [0.05, 0.1) is 11.4 Å². The summed E-state index contributed by atoms with van der Waals surface area (Å²) in [5.74, 6) is -0.477. The van der Waals surface area contributed by atoms with Crippen molar-refractivity contribution < 1.29 is 19.2 Å². The third-order valence-electron chi connectivity index (χ3n) is 7.51. The fourth-order valence-corrected chi connectivity index (χ4v) is 4.98. The summed E-state index contributed by atoms with van der Waals surface area (Å²) in [5.41, 5.74) is 6.83. The summed E-state index contributed by atoms with van der Waals surface area (Å²) in [4.78, 5) is 33.9. The van der Waals surface area contributed by atoms with Gasteiger partial charge in [-0.2, -0.15) is 5.10 Å². The Morgan fingerprint density at radius 3 is 2.47 bits per heavy atom. The van der Waals surface area contributed by atoms with E-state index in [-0.39, 0.29) is 30.0 Å². The summed E-state index contributed by atoms with van der Waals surface area (Å²) in [7, 11) is 0. The second-order valence-electron chi connectivity index (χ2n) is 10.7. The van der Waals surface area contributed by atoms with E-state index < -0.39 is 5.91 Å². The Kier molecular flexibility index (Phi) is 8.81. The zero-order valence-corrected chi connectivity index (χ0v) is 24.1. The Labute approximate surface area is 258 Å². The molecule has 0 aliphatic heterocycles. The van der Waals surface area contributed by atoms with E-state index in [1.807, 2.05) is 60.8 Å². The zero-order chi connectivity index (χ0) is 31.2. The molecule has 10 nitrogen and oxygen atoms in total. The lowest BCUT2D eigenvalue weighted by Gasteiger charge is -2.11. The highest BCUT2D eigenvalue weighted by Gasteiger charge is 2.37. The van der Waals surface area contributed by atoms with E-state index in [4.69, 9.17) is 10.2 Å². The lowest BCUT2D eigenvalue weighted by Crippen LogP contribution is -2.25. The number of carbonyl (C=O) groups is 2. The number of aromatic nitrogens is 4. The maximum Gasteiger partial charge on any atom is 0.270 e. The van der Waals surface area contributed by atoms with Gasteiger partial charge in [0.2, 0.25) is 0 Å². The topological polar surface area (TPSA) is 134 Å². The van der Waals surface area contributed by atoms with Crippen molar-refractivity contribution in [1.29, 1.82) is 0 Å². The molecule has 11 heteroatoms. The number of nitrogens with zero attached hydrogens (tertiary/aromatic N) is 4. The molecule has 1 aliphatic rings. The minimum absolute atomic E-state index is 0.232. The smallest absolute Gasteiger partial charge is 0.270 e. The largest absolute Gasteiger partial charge is 0.347 e. The summed E-state index contributed by atoms with van der Waals surface area (Å²) in [6.45, 7) is 0.708. The Bertz CT molecular complexity index is 1810. The molecule has 2 atom stereocenters. The van der Waals surface area contributed by atoms with Gasteiger partial charge in [-0.05, 0) is 77.7 Å². The molecule has 2 heterocycles. The van der Waals surface area contributed by atoms with Crippen LogP contribution in [0.15, 0.2) is 103 Å². The van der Waals surface area contributed by atoms with Crippen LogP contribution in [0.4, 0.5) is 4.39 Å². The zero-order valence-electron chi connectivity index (χ0n) is 24.1. The van der Waals surface area contributed by atoms with Crippen LogP contribution in [0.25, 0.3) is 23.2 Å². The molecule has 0 saturated heterocycles.